The van der Waals surface area contributed by atoms with Gasteiger partial charge in [0, 0.05) is 11.3 Å². The van der Waals surface area contributed by atoms with E-state index in [4.69, 9.17) is 0 Å². The number of halogens is 1. The summed E-state index contributed by atoms with van der Waals surface area (Å²) in [6, 6.07) is 15.6. The number of amides is 1. The number of nitrogens with zero attached hydrogens (tertiary/aromatic N) is 4. The number of hydrogen-bond acceptors (Lipinski definition) is 5. The summed E-state index contributed by atoms with van der Waals surface area (Å²) in [6.45, 7) is 3.94. The van der Waals surface area contributed by atoms with Gasteiger partial charge in [0.2, 0.25) is 11.1 Å². The van der Waals surface area contributed by atoms with Gasteiger partial charge >= 0.3 is 0 Å². The van der Waals surface area contributed by atoms with Crippen LogP contribution in [0, 0.1) is 19.7 Å². The number of hydrogen-bond donors (Lipinski definition) is 1. The number of rotatable bonds is 5. The lowest BCUT2D eigenvalue weighted by Gasteiger charge is -2.09. The zero-order valence-electron chi connectivity index (χ0n) is 15.9. The van der Waals surface area contributed by atoms with Gasteiger partial charge in [0.1, 0.15) is 5.82 Å². The van der Waals surface area contributed by atoms with Crippen molar-refractivity contribution in [3.63, 3.8) is 0 Å². The van der Waals surface area contributed by atoms with Crippen LogP contribution in [0.15, 0.2) is 59.8 Å². The quantitative estimate of drug-likeness (QED) is 0.500. The molecule has 2 aromatic heterocycles. The highest BCUT2D eigenvalue weighted by molar-refractivity contribution is 7.99. The second-order valence-corrected chi connectivity index (χ2v) is 7.58. The number of fused-ring (bicyclic) bond motifs is 1. The first-order chi connectivity index (χ1) is 14.0. The molecule has 0 atom stereocenters. The summed E-state index contributed by atoms with van der Waals surface area (Å²) in [7, 11) is 0. The Morgan fingerprint density at radius 2 is 1.86 bits per heavy atom. The second-order valence-electron chi connectivity index (χ2n) is 6.63. The Morgan fingerprint density at radius 1 is 1.07 bits per heavy atom. The Kier molecular flexibility index (Phi) is 5.26. The summed E-state index contributed by atoms with van der Waals surface area (Å²) in [4.78, 5) is 12.4. The normalized spacial score (nSPS) is 11.0. The fraction of sp³-hybridized carbons (Fsp3) is 0.143. The molecule has 1 N–H and O–H groups in total. The SMILES string of the molecule is Cc1ccc(C)c(NC(=O)CSc2nnc3ccc(-c4ccc(F)cc4)nn23)c1. The highest BCUT2D eigenvalue weighted by atomic mass is 32.2. The lowest BCUT2D eigenvalue weighted by molar-refractivity contribution is -0.113. The number of aryl methyl sites for hydroxylation is 2. The third-order valence-corrected chi connectivity index (χ3v) is 5.29. The molecule has 0 spiro atoms. The van der Waals surface area contributed by atoms with Gasteiger partial charge in [0.15, 0.2) is 5.65 Å². The predicted molar refractivity (Wildman–Crippen MR) is 111 cm³/mol. The van der Waals surface area contributed by atoms with E-state index in [1.54, 1.807) is 28.8 Å². The molecule has 0 fully saturated rings. The van der Waals surface area contributed by atoms with Crippen LogP contribution in [0.1, 0.15) is 11.1 Å². The second kappa shape index (κ2) is 8.00. The number of thioether (sulfide) groups is 1. The van der Waals surface area contributed by atoms with E-state index in [1.165, 1.54) is 23.9 Å². The summed E-state index contributed by atoms with van der Waals surface area (Å²) in [5.74, 6) is -0.253. The molecule has 146 valence electrons. The van der Waals surface area contributed by atoms with Crippen LogP contribution in [0.25, 0.3) is 16.9 Å². The molecule has 0 radical (unpaired) electrons. The van der Waals surface area contributed by atoms with E-state index in [0.717, 1.165) is 22.4 Å². The minimum absolute atomic E-state index is 0.130. The number of carbonyl (C=O) groups is 1. The zero-order valence-corrected chi connectivity index (χ0v) is 16.7. The van der Waals surface area contributed by atoms with Crippen LogP contribution in [-0.4, -0.2) is 31.5 Å². The van der Waals surface area contributed by atoms with Crippen molar-refractivity contribution in [3.05, 3.63) is 71.5 Å². The third kappa shape index (κ3) is 4.27. The van der Waals surface area contributed by atoms with Gasteiger partial charge in [-0.25, -0.2) is 4.39 Å². The van der Waals surface area contributed by atoms with Crippen LogP contribution in [-0.2, 0) is 4.79 Å². The first kappa shape index (κ1) is 19.1. The Labute approximate surface area is 171 Å². The summed E-state index contributed by atoms with van der Waals surface area (Å²) in [6.07, 6.45) is 0. The van der Waals surface area contributed by atoms with Crippen LogP contribution in [0.2, 0.25) is 0 Å². The molecule has 8 heteroatoms. The van der Waals surface area contributed by atoms with Gasteiger partial charge < -0.3 is 5.32 Å². The minimum Gasteiger partial charge on any atom is -0.325 e. The standard InChI is InChI=1S/C21H18FN5OS/c1-13-3-4-14(2)18(11-13)23-20(28)12-29-21-25-24-19-10-9-17(26-27(19)21)15-5-7-16(22)8-6-15/h3-11H,12H2,1-2H3,(H,23,28). The maximum Gasteiger partial charge on any atom is 0.234 e. The van der Waals surface area contributed by atoms with Crippen LogP contribution in [0.4, 0.5) is 10.1 Å². The highest BCUT2D eigenvalue weighted by Gasteiger charge is 2.12. The highest BCUT2D eigenvalue weighted by Crippen LogP contribution is 2.22. The maximum atomic E-state index is 13.2. The lowest BCUT2D eigenvalue weighted by atomic mass is 10.1. The average molecular weight is 407 g/mol. The van der Waals surface area contributed by atoms with E-state index in [0.29, 0.717) is 16.5 Å². The molecule has 0 unspecified atom stereocenters. The molecule has 0 aliphatic heterocycles. The van der Waals surface area contributed by atoms with Crippen LogP contribution in [0.3, 0.4) is 0 Å². The smallest absolute Gasteiger partial charge is 0.234 e. The van der Waals surface area contributed by atoms with Crippen LogP contribution < -0.4 is 5.32 Å². The first-order valence-corrected chi connectivity index (χ1v) is 9.96. The Morgan fingerprint density at radius 3 is 2.66 bits per heavy atom. The van der Waals surface area contributed by atoms with Gasteiger partial charge in [-0.05, 0) is 67.4 Å². The van der Waals surface area contributed by atoms with Crippen molar-refractivity contribution in [2.75, 3.05) is 11.1 Å². The molecule has 0 aliphatic rings. The molecule has 0 aliphatic carbocycles. The number of anilines is 1. The van der Waals surface area contributed by atoms with Crippen LogP contribution in [0.5, 0.6) is 0 Å². The summed E-state index contributed by atoms with van der Waals surface area (Å²) >= 11 is 1.26. The van der Waals surface area contributed by atoms with E-state index in [1.807, 2.05) is 32.0 Å². The van der Waals surface area contributed by atoms with Gasteiger partial charge in [-0.3, -0.25) is 4.79 Å². The lowest BCUT2D eigenvalue weighted by Crippen LogP contribution is -2.15. The van der Waals surface area contributed by atoms with E-state index in [2.05, 4.69) is 20.6 Å². The van der Waals surface area contributed by atoms with Crippen LogP contribution >= 0.6 is 11.8 Å². The molecule has 0 bridgehead atoms. The molecule has 6 nitrogen and oxygen atoms in total. The Balaban J connectivity index is 1.50. The minimum atomic E-state index is -0.301. The molecule has 0 saturated heterocycles. The molecule has 4 aromatic rings. The number of carbonyl (C=O) groups excluding carboxylic acids is 1. The van der Waals surface area contributed by atoms with Crippen molar-refractivity contribution in [2.45, 2.75) is 19.0 Å². The van der Waals surface area contributed by atoms with Crippen molar-refractivity contribution in [2.24, 2.45) is 0 Å². The molecular weight excluding hydrogens is 389 g/mol. The summed E-state index contributed by atoms with van der Waals surface area (Å²) in [5.41, 5.74) is 4.92. The van der Waals surface area contributed by atoms with Gasteiger partial charge in [-0.1, -0.05) is 23.9 Å². The Bertz CT molecular complexity index is 1190. The average Bonchev–Trinajstić information content (AvgIpc) is 3.12. The van der Waals surface area contributed by atoms with Crippen molar-refractivity contribution in [1.29, 1.82) is 0 Å². The fourth-order valence-corrected chi connectivity index (χ4v) is 3.51. The van der Waals surface area contributed by atoms with Crippen molar-refractivity contribution >= 4 is 29.0 Å². The fourth-order valence-electron chi connectivity index (χ4n) is 2.82. The van der Waals surface area contributed by atoms with Crippen molar-refractivity contribution < 1.29 is 9.18 Å². The Hall–Kier alpha value is -3.26. The monoisotopic (exact) mass is 407 g/mol. The van der Waals surface area contributed by atoms with Crippen molar-refractivity contribution in [3.8, 4) is 11.3 Å². The number of nitrogens with one attached hydrogen (secondary N) is 1. The van der Waals surface area contributed by atoms with E-state index in [-0.39, 0.29) is 17.5 Å². The molecule has 29 heavy (non-hydrogen) atoms. The van der Waals surface area contributed by atoms with E-state index in [9.17, 15) is 9.18 Å². The predicted octanol–water partition coefficient (Wildman–Crippen LogP) is 4.28. The van der Waals surface area contributed by atoms with Gasteiger partial charge in [-0.15, -0.1) is 10.2 Å². The van der Waals surface area contributed by atoms with Gasteiger partial charge in [-0.2, -0.15) is 9.61 Å². The summed E-state index contributed by atoms with van der Waals surface area (Å²) in [5, 5.41) is 16.2. The van der Waals surface area contributed by atoms with Gasteiger partial charge in [0.05, 0.1) is 11.4 Å². The van der Waals surface area contributed by atoms with E-state index >= 15 is 0 Å². The maximum absolute atomic E-state index is 13.2. The topological polar surface area (TPSA) is 72.2 Å². The zero-order chi connectivity index (χ0) is 20.4. The third-order valence-electron chi connectivity index (χ3n) is 4.37. The largest absolute Gasteiger partial charge is 0.325 e. The molecular formula is C21H18FN5OS. The molecule has 2 heterocycles. The number of aromatic nitrogens is 4. The molecule has 1 amide bonds. The first-order valence-electron chi connectivity index (χ1n) is 8.98. The van der Waals surface area contributed by atoms with Crippen molar-refractivity contribution in [1.82, 2.24) is 19.8 Å². The molecule has 2 aromatic carbocycles. The number of benzene rings is 2. The summed E-state index contributed by atoms with van der Waals surface area (Å²) < 4.78 is 14.8. The molecule has 4 rings (SSSR count). The van der Waals surface area contributed by atoms with E-state index < -0.39 is 0 Å². The van der Waals surface area contributed by atoms with Gasteiger partial charge in [0.25, 0.3) is 0 Å². The molecule has 0 saturated carbocycles.